The molecule has 2 rings (SSSR count). The van der Waals surface area contributed by atoms with Crippen LogP contribution in [0.2, 0.25) is 0 Å². The van der Waals surface area contributed by atoms with E-state index in [0.717, 1.165) is 16.8 Å². The van der Waals surface area contributed by atoms with Crippen LogP contribution >= 0.6 is 0 Å². The summed E-state index contributed by atoms with van der Waals surface area (Å²) in [6.45, 7) is 10.2. The first-order chi connectivity index (χ1) is 9.90. The fraction of sp³-hybridized carbons (Fsp3) is 0.438. The lowest BCUT2D eigenvalue weighted by molar-refractivity contribution is 0.101. The molecule has 0 unspecified atom stereocenters. The molecular formula is C16H22N4O. The van der Waals surface area contributed by atoms with Crippen LogP contribution in [0, 0.1) is 6.92 Å². The maximum Gasteiger partial charge on any atom is 0.295 e. The van der Waals surface area contributed by atoms with Crippen molar-refractivity contribution < 1.29 is 4.79 Å². The zero-order valence-electron chi connectivity index (χ0n) is 13.2. The third-order valence-corrected chi connectivity index (χ3v) is 3.42. The first-order valence-corrected chi connectivity index (χ1v) is 7.23. The number of nitrogens with one attached hydrogen (secondary N) is 2. The van der Waals surface area contributed by atoms with Gasteiger partial charge in [-0.05, 0) is 24.0 Å². The predicted octanol–water partition coefficient (Wildman–Crippen LogP) is 3.61. The van der Waals surface area contributed by atoms with E-state index in [9.17, 15) is 4.79 Å². The van der Waals surface area contributed by atoms with Gasteiger partial charge in [0.1, 0.15) is 5.82 Å². The van der Waals surface area contributed by atoms with Gasteiger partial charge in [0.15, 0.2) is 0 Å². The van der Waals surface area contributed by atoms with Crippen molar-refractivity contribution in [1.29, 1.82) is 0 Å². The van der Waals surface area contributed by atoms with Gasteiger partial charge < -0.3 is 5.32 Å². The number of nitrogens with zero attached hydrogens (tertiary/aromatic N) is 2. The summed E-state index contributed by atoms with van der Waals surface area (Å²) in [6, 6.07) is 6.02. The number of anilines is 1. The van der Waals surface area contributed by atoms with Crippen molar-refractivity contribution in [3.8, 4) is 0 Å². The zero-order valence-corrected chi connectivity index (χ0v) is 13.2. The monoisotopic (exact) mass is 286 g/mol. The van der Waals surface area contributed by atoms with Gasteiger partial charge in [-0.2, -0.15) is 0 Å². The zero-order chi connectivity index (χ0) is 15.6. The predicted molar refractivity (Wildman–Crippen MR) is 83.7 cm³/mol. The van der Waals surface area contributed by atoms with Crippen molar-refractivity contribution in [3.63, 3.8) is 0 Å². The second kappa shape index (κ2) is 6.08. The average molecular weight is 286 g/mol. The van der Waals surface area contributed by atoms with Gasteiger partial charge in [-0.15, -0.1) is 5.10 Å². The Bertz CT molecular complexity index is 643. The molecule has 0 radical (unpaired) electrons. The molecule has 0 saturated carbocycles. The lowest BCUT2D eigenvalue weighted by atomic mass is 9.98. The number of rotatable bonds is 4. The number of hydrogen-bond donors (Lipinski definition) is 2. The summed E-state index contributed by atoms with van der Waals surface area (Å²) in [5.74, 6) is 1.15. The first kappa shape index (κ1) is 15.2. The van der Waals surface area contributed by atoms with E-state index in [1.165, 1.54) is 0 Å². The van der Waals surface area contributed by atoms with Crippen LogP contribution in [-0.4, -0.2) is 21.1 Å². The van der Waals surface area contributed by atoms with Crippen LogP contribution in [0.3, 0.4) is 0 Å². The standard InChI is InChI=1S/C16H22N4O/c1-9(2)12-8-6-7-11(5)13(12)17-16(21)15-18-14(10(3)4)19-20-15/h6-10H,1-5H3,(H,17,21)(H,18,19,20). The molecule has 1 amide bonds. The summed E-state index contributed by atoms with van der Waals surface area (Å²) in [4.78, 5) is 16.6. The smallest absolute Gasteiger partial charge is 0.295 e. The molecule has 112 valence electrons. The maximum absolute atomic E-state index is 12.3. The highest BCUT2D eigenvalue weighted by atomic mass is 16.2. The van der Waals surface area contributed by atoms with Crippen LogP contribution in [0.1, 0.15) is 67.1 Å². The number of carbonyl (C=O) groups is 1. The third kappa shape index (κ3) is 3.29. The molecule has 2 aromatic rings. The minimum Gasteiger partial charge on any atom is -0.319 e. The van der Waals surface area contributed by atoms with Crippen molar-refractivity contribution in [3.05, 3.63) is 41.0 Å². The molecular weight excluding hydrogens is 264 g/mol. The lowest BCUT2D eigenvalue weighted by Crippen LogP contribution is -2.16. The number of aromatic nitrogens is 3. The molecule has 21 heavy (non-hydrogen) atoms. The second-order valence-electron chi connectivity index (χ2n) is 5.85. The molecule has 0 aliphatic heterocycles. The van der Waals surface area contributed by atoms with Crippen molar-refractivity contribution in [1.82, 2.24) is 15.2 Å². The molecule has 1 aromatic heterocycles. The number of H-pyrrole nitrogens is 1. The highest BCUT2D eigenvalue weighted by Gasteiger charge is 2.17. The quantitative estimate of drug-likeness (QED) is 0.902. The van der Waals surface area contributed by atoms with Crippen LogP contribution in [0.4, 0.5) is 5.69 Å². The van der Waals surface area contributed by atoms with E-state index in [1.807, 2.05) is 39.0 Å². The van der Waals surface area contributed by atoms with Crippen LogP contribution in [0.5, 0.6) is 0 Å². The van der Waals surface area contributed by atoms with E-state index < -0.39 is 0 Å². The van der Waals surface area contributed by atoms with Crippen LogP contribution in [0.15, 0.2) is 18.2 Å². The second-order valence-corrected chi connectivity index (χ2v) is 5.85. The Kier molecular flexibility index (Phi) is 4.40. The summed E-state index contributed by atoms with van der Waals surface area (Å²) in [5, 5.41) is 9.74. The fourth-order valence-electron chi connectivity index (χ4n) is 2.15. The van der Waals surface area contributed by atoms with E-state index in [4.69, 9.17) is 0 Å². The summed E-state index contributed by atoms with van der Waals surface area (Å²) >= 11 is 0. The van der Waals surface area contributed by atoms with E-state index in [2.05, 4.69) is 34.3 Å². The number of aromatic amines is 1. The highest BCUT2D eigenvalue weighted by Crippen LogP contribution is 2.27. The Morgan fingerprint density at radius 2 is 1.90 bits per heavy atom. The molecule has 0 spiro atoms. The van der Waals surface area contributed by atoms with Gasteiger partial charge in [-0.3, -0.25) is 9.89 Å². The van der Waals surface area contributed by atoms with Gasteiger partial charge in [0.05, 0.1) is 0 Å². The van der Waals surface area contributed by atoms with Gasteiger partial charge in [-0.25, -0.2) is 4.98 Å². The lowest BCUT2D eigenvalue weighted by Gasteiger charge is -2.15. The van der Waals surface area contributed by atoms with Gasteiger partial charge in [0.25, 0.3) is 5.91 Å². The molecule has 5 nitrogen and oxygen atoms in total. The van der Waals surface area contributed by atoms with E-state index in [-0.39, 0.29) is 17.6 Å². The van der Waals surface area contributed by atoms with Crippen molar-refractivity contribution in [2.24, 2.45) is 0 Å². The maximum atomic E-state index is 12.3. The Balaban J connectivity index is 2.27. The third-order valence-electron chi connectivity index (χ3n) is 3.42. The van der Waals surface area contributed by atoms with Gasteiger partial charge in [-0.1, -0.05) is 45.9 Å². The molecule has 0 bridgehead atoms. The van der Waals surface area contributed by atoms with E-state index in [0.29, 0.717) is 11.7 Å². The number of hydrogen-bond acceptors (Lipinski definition) is 3. The minimum atomic E-state index is -0.283. The first-order valence-electron chi connectivity index (χ1n) is 7.23. The SMILES string of the molecule is Cc1cccc(C(C)C)c1NC(=O)c1n[nH]c(C(C)C)n1. The molecule has 5 heteroatoms. The van der Waals surface area contributed by atoms with Crippen molar-refractivity contribution >= 4 is 11.6 Å². The molecule has 0 fully saturated rings. The molecule has 0 atom stereocenters. The highest BCUT2D eigenvalue weighted by molar-refractivity contribution is 6.02. The van der Waals surface area contributed by atoms with Gasteiger partial charge >= 0.3 is 0 Å². The largest absolute Gasteiger partial charge is 0.319 e. The molecule has 2 N–H and O–H groups in total. The van der Waals surface area contributed by atoms with Crippen molar-refractivity contribution in [2.75, 3.05) is 5.32 Å². The molecule has 0 aliphatic carbocycles. The minimum absolute atomic E-state index is 0.177. The number of para-hydroxylation sites is 1. The number of amides is 1. The topological polar surface area (TPSA) is 70.7 Å². The Labute approximate surface area is 125 Å². The average Bonchev–Trinajstić information content (AvgIpc) is 2.90. The normalized spacial score (nSPS) is 11.2. The van der Waals surface area contributed by atoms with Crippen LogP contribution < -0.4 is 5.32 Å². The Morgan fingerprint density at radius 1 is 1.19 bits per heavy atom. The molecule has 1 heterocycles. The number of carbonyl (C=O) groups excluding carboxylic acids is 1. The summed E-state index contributed by atoms with van der Waals surface area (Å²) in [7, 11) is 0. The molecule has 0 aliphatic rings. The van der Waals surface area contributed by atoms with Gasteiger partial charge in [0, 0.05) is 11.6 Å². The van der Waals surface area contributed by atoms with Gasteiger partial charge in [0.2, 0.25) is 5.82 Å². The Morgan fingerprint density at radius 3 is 2.48 bits per heavy atom. The van der Waals surface area contributed by atoms with Crippen LogP contribution in [-0.2, 0) is 0 Å². The summed E-state index contributed by atoms with van der Waals surface area (Å²) in [6.07, 6.45) is 0. The molecule has 1 aromatic carbocycles. The van der Waals surface area contributed by atoms with E-state index in [1.54, 1.807) is 0 Å². The summed E-state index contributed by atoms with van der Waals surface area (Å²) in [5.41, 5.74) is 3.01. The Hall–Kier alpha value is -2.17. The number of benzene rings is 1. The van der Waals surface area contributed by atoms with Crippen LogP contribution in [0.25, 0.3) is 0 Å². The fourth-order valence-corrected chi connectivity index (χ4v) is 2.15. The molecule has 0 saturated heterocycles. The summed E-state index contributed by atoms with van der Waals surface area (Å²) < 4.78 is 0. The van der Waals surface area contributed by atoms with Crippen molar-refractivity contribution in [2.45, 2.75) is 46.5 Å². The van der Waals surface area contributed by atoms with E-state index >= 15 is 0 Å². The number of aryl methyl sites for hydroxylation is 1.